The van der Waals surface area contributed by atoms with Crippen LogP contribution in [0.2, 0.25) is 0 Å². The number of hydrogen-bond acceptors (Lipinski definition) is 3. The number of halogens is 1. The summed E-state index contributed by atoms with van der Waals surface area (Å²) in [4.78, 5) is 2.38. The van der Waals surface area contributed by atoms with Crippen molar-refractivity contribution in [1.82, 2.24) is 10.2 Å². The van der Waals surface area contributed by atoms with Gasteiger partial charge in [-0.25, -0.2) is 4.39 Å². The first-order valence-electron chi connectivity index (χ1n) is 7.85. The van der Waals surface area contributed by atoms with E-state index in [1.165, 1.54) is 7.11 Å². The first kappa shape index (κ1) is 16.2. The Morgan fingerprint density at radius 3 is 2.71 bits per heavy atom. The molecular weight excluding hydrogens is 267 g/mol. The fraction of sp³-hybridized carbons (Fsp3) is 0.647. The van der Waals surface area contributed by atoms with Crippen LogP contribution in [-0.4, -0.2) is 36.7 Å². The molecule has 1 unspecified atom stereocenters. The van der Waals surface area contributed by atoms with Crippen LogP contribution in [0.25, 0.3) is 0 Å². The zero-order valence-electron chi connectivity index (χ0n) is 13.6. The summed E-state index contributed by atoms with van der Waals surface area (Å²) in [5.74, 6) is 0.0943. The summed E-state index contributed by atoms with van der Waals surface area (Å²) in [5, 5.41) is 3.67. The minimum absolute atomic E-state index is 0.155. The maximum absolute atomic E-state index is 14.3. The summed E-state index contributed by atoms with van der Waals surface area (Å²) in [7, 11) is 1.51. The van der Waals surface area contributed by atoms with Crippen molar-refractivity contribution in [1.29, 1.82) is 0 Å². The van der Waals surface area contributed by atoms with Crippen LogP contribution in [0.3, 0.4) is 0 Å². The molecule has 0 bridgehead atoms. The van der Waals surface area contributed by atoms with Crippen LogP contribution in [-0.2, 0) is 6.54 Å². The Bertz CT molecular complexity index is 474. The monoisotopic (exact) mass is 294 g/mol. The molecule has 1 N–H and O–H groups in total. The summed E-state index contributed by atoms with van der Waals surface area (Å²) < 4.78 is 19.4. The van der Waals surface area contributed by atoms with Gasteiger partial charge in [0.15, 0.2) is 11.6 Å². The summed E-state index contributed by atoms with van der Waals surface area (Å²) >= 11 is 0. The number of nitrogens with one attached hydrogen (secondary N) is 1. The lowest BCUT2D eigenvalue weighted by atomic mass is 9.88. The zero-order valence-corrected chi connectivity index (χ0v) is 13.6. The number of hydrogen-bond donors (Lipinski definition) is 1. The molecule has 3 nitrogen and oxygen atoms in total. The minimum atomic E-state index is -0.232. The first-order valence-corrected chi connectivity index (χ1v) is 7.85. The molecule has 0 spiro atoms. The lowest BCUT2D eigenvalue weighted by Gasteiger charge is -2.46. The minimum Gasteiger partial charge on any atom is -0.494 e. The lowest BCUT2D eigenvalue weighted by Crippen LogP contribution is -2.62. The number of piperazine rings is 1. The van der Waals surface area contributed by atoms with Gasteiger partial charge < -0.3 is 10.1 Å². The Kier molecular flexibility index (Phi) is 5.22. The van der Waals surface area contributed by atoms with Crippen LogP contribution in [0.15, 0.2) is 18.2 Å². The van der Waals surface area contributed by atoms with Crippen molar-refractivity contribution in [2.75, 3.05) is 20.2 Å². The average molecular weight is 294 g/mol. The van der Waals surface area contributed by atoms with Gasteiger partial charge in [0.2, 0.25) is 0 Å². The fourth-order valence-electron chi connectivity index (χ4n) is 3.08. The molecule has 0 radical (unpaired) electrons. The molecule has 21 heavy (non-hydrogen) atoms. The molecule has 0 aromatic heterocycles. The van der Waals surface area contributed by atoms with Crippen LogP contribution >= 0.6 is 0 Å². The highest BCUT2D eigenvalue weighted by Crippen LogP contribution is 2.26. The summed E-state index contributed by atoms with van der Waals surface area (Å²) in [6, 6.07) is 5.79. The molecule has 1 saturated heterocycles. The quantitative estimate of drug-likeness (QED) is 0.902. The zero-order chi connectivity index (χ0) is 15.5. The second kappa shape index (κ2) is 6.75. The second-order valence-corrected chi connectivity index (χ2v) is 6.06. The number of rotatable bonds is 5. The van der Waals surface area contributed by atoms with Gasteiger partial charge in [0.25, 0.3) is 0 Å². The molecule has 2 rings (SSSR count). The maximum Gasteiger partial charge on any atom is 0.169 e. The third kappa shape index (κ3) is 3.38. The Morgan fingerprint density at radius 2 is 2.10 bits per heavy atom. The van der Waals surface area contributed by atoms with Gasteiger partial charge in [-0.3, -0.25) is 4.90 Å². The van der Waals surface area contributed by atoms with E-state index >= 15 is 0 Å². The van der Waals surface area contributed by atoms with Crippen molar-refractivity contribution in [2.45, 2.75) is 51.7 Å². The Hall–Kier alpha value is -1.13. The number of nitrogens with zero attached hydrogens (tertiary/aromatic N) is 1. The van der Waals surface area contributed by atoms with E-state index in [-0.39, 0.29) is 11.4 Å². The molecule has 0 aliphatic carbocycles. The lowest BCUT2D eigenvalue weighted by molar-refractivity contribution is 0.0735. The summed E-state index contributed by atoms with van der Waals surface area (Å²) in [6.07, 6.45) is 2.18. The van der Waals surface area contributed by atoms with Crippen LogP contribution in [0.4, 0.5) is 4.39 Å². The van der Waals surface area contributed by atoms with Crippen molar-refractivity contribution in [2.24, 2.45) is 0 Å². The van der Waals surface area contributed by atoms with E-state index in [0.717, 1.165) is 25.9 Å². The molecule has 1 aromatic rings. The topological polar surface area (TPSA) is 24.5 Å². The molecule has 118 valence electrons. The van der Waals surface area contributed by atoms with Gasteiger partial charge in [0, 0.05) is 36.8 Å². The third-order valence-electron chi connectivity index (χ3n) is 4.89. The molecule has 0 saturated carbocycles. The van der Waals surface area contributed by atoms with E-state index in [9.17, 15) is 4.39 Å². The number of ether oxygens (including phenoxy) is 1. The molecule has 0 amide bonds. The van der Waals surface area contributed by atoms with Gasteiger partial charge in [-0.2, -0.15) is 0 Å². The Morgan fingerprint density at radius 1 is 1.38 bits per heavy atom. The normalized spacial score (nSPS) is 22.2. The smallest absolute Gasteiger partial charge is 0.169 e. The fourth-order valence-corrected chi connectivity index (χ4v) is 3.08. The van der Waals surface area contributed by atoms with Gasteiger partial charge >= 0.3 is 0 Å². The van der Waals surface area contributed by atoms with Gasteiger partial charge in [-0.1, -0.05) is 26.0 Å². The highest BCUT2D eigenvalue weighted by Gasteiger charge is 2.35. The predicted molar refractivity (Wildman–Crippen MR) is 84.1 cm³/mol. The highest BCUT2D eigenvalue weighted by atomic mass is 19.1. The first-order chi connectivity index (χ1) is 10.0. The van der Waals surface area contributed by atoms with Crippen LogP contribution in [0, 0.1) is 5.82 Å². The van der Waals surface area contributed by atoms with E-state index in [1.54, 1.807) is 6.07 Å². The van der Waals surface area contributed by atoms with Gasteiger partial charge in [-0.05, 0) is 25.8 Å². The van der Waals surface area contributed by atoms with Crippen LogP contribution in [0.1, 0.15) is 39.2 Å². The highest BCUT2D eigenvalue weighted by molar-refractivity contribution is 5.31. The molecule has 1 heterocycles. The maximum atomic E-state index is 14.3. The molecule has 4 heteroatoms. The van der Waals surface area contributed by atoms with Gasteiger partial charge in [0.05, 0.1) is 7.11 Å². The molecule has 1 aromatic carbocycles. The molecular formula is C17H27FN2O. The van der Waals surface area contributed by atoms with Crippen LogP contribution in [0.5, 0.6) is 5.75 Å². The van der Waals surface area contributed by atoms with Crippen molar-refractivity contribution in [3.63, 3.8) is 0 Å². The van der Waals surface area contributed by atoms with E-state index < -0.39 is 0 Å². The summed E-state index contributed by atoms with van der Waals surface area (Å²) in [6.45, 7) is 9.17. The number of benzene rings is 1. The molecule has 1 fully saturated rings. The molecule has 1 aliphatic rings. The second-order valence-electron chi connectivity index (χ2n) is 6.06. The van der Waals surface area contributed by atoms with Gasteiger partial charge in [0.1, 0.15) is 0 Å². The van der Waals surface area contributed by atoms with Crippen molar-refractivity contribution in [3.8, 4) is 5.75 Å². The molecule has 1 atom stereocenters. The van der Waals surface area contributed by atoms with E-state index in [1.807, 2.05) is 12.1 Å². The third-order valence-corrected chi connectivity index (χ3v) is 4.89. The van der Waals surface area contributed by atoms with E-state index in [0.29, 0.717) is 23.9 Å². The SMILES string of the molecule is CCC1(CC)CN(Cc2cccc(OC)c2F)C(C)CN1. The summed E-state index contributed by atoms with van der Waals surface area (Å²) in [5.41, 5.74) is 0.867. The number of methoxy groups -OCH3 is 1. The Labute approximate surface area is 127 Å². The largest absolute Gasteiger partial charge is 0.494 e. The van der Waals surface area contributed by atoms with Crippen LogP contribution < -0.4 is 10.1 Å². The average Bonchev–Trinajstić information content (AvgIpc) is 2.52. The van der Waals surface area contributed by atoms with Crippen molar-refractivity contribution >= 4 is 0 Å². The standard InChI is InChI=1S/C17H27FN2O/c1-5-17(6-2)12-20(13(3)10-19-17)11-14-8-7-9-15(21-4)16(14)18/h7-9,13,19H,5-6,10-12H2,1-4H3. The Balaban J connectivity index is 2.17. The van der Waals surface area contributed by atoms with E-state index in [4.69, 9.17) is 4.74 Å². The predicted octanol–water partition coefficient (Wildman–Crippen LogP) is 3.19. The van der Waals surface area contributed by atoms with E-state index in [2.05, 4.69) is 31.0 Å². The molecule has 1 aliphatic heterocycles. The van der Waals surface area contributed by atoms with Crippen molar-refractivity contribution in [3.05, 3.63) is 29.6 Å². The van der Waals surface area contributed by atoms with Gasteiger partial charge in [-0.15, -0.1) is 0 Å². The van der Waals surface area contributed by atoms with Crippen molar-refractivity contribution < 1.29 is 9.13 Å².